The van der Waals surface area contributed by atoms with Crippen molar-refractivity contribution in [2.75, 3.05) is 37.6 Å². The fourth-order valence-electron chi connectivity index (χ4n) is 1.92. The predicted octanol–water partition coefficient (Wildman–Crippen LogP) is 2.05. The molecule has 0 saturated carbocycles. The summed E-state index contributed by atoms with van der Waals surface area (Å²) in [6.07, 6.45) is 0.566. The van der Waals surface area contributed by atoms with Crippen LogP contribution in [0.5, 0.6) is 0 Å². The lowest BCUT2D eigenvalue weighted by molar-refractivity contribution is 0.161. The molecule has 1 aromatic rings. The molecule has 0 aliphatic rings. The van der Waals surface area contributed by atoms with Crippen LogP contribution in [0.3, 0.4) is 0 Å². The van der Waals surface area contributed by atoms with Crippen LogP contribution in [0.4, 0.5) is 16.2 Å². The second-order valence-corrected chi connectivity index (χ2v) is 5.51. The fraction of sp³-hybridized carbons (Fsp3) is 0.562. The molecule has 22 heavy (non-hydrogen) atoms. The summed E-state index contributed by atoms with van der Waals surface area (Å²) in [5.41, 5.74) is 1.75. The van der Waals surface area contributed by atoms with Crippen molar-refractivity contribution in [3.8, 4) is 0 Å². The molecule has 2 amide bonds. The van der Waals surface area contributed by atoms with Crippen LogP contribution in [0, 0.1) is 0 Å². The Morgan fingerprint density at radius 2 is 2.14 bits per heavy atom. The lowest BCUT2D eigenvalue weighted by Crippen LogP contribution is -2.40. The highest BCUT2D eigenvalue weighted by Crippen LogP contribution is 2.20. The summed E-state index contributed by atoms with van der Waals surface area (Å²) in [6, 6.07) is 7.37. The number of anilines is 2. The quantitative estimate of drug-likeness (QED) is 0.687. The Hall–Kier alpha value is -1.79. The number of hydrogen-bond acceptors (Lipinski definition) is 4. The Labute approximate surface area is 132 Å². The number of nitrogens with zero attached hydrogens (tertiary/aromatic N) is 1. The van der Waals surface area contributed by atoms with Gasteiger partial charge in [0.2, 0.25) is 0 Å². The number of amides is 2. The number of aliphatic hydroxyl groups is 1. The SMILES string of the molecule is COCC[C@H](CO)NC(=O)Nc1cccc(N(C)C(C)C)c1. The standard InChI is InChI=1S/C16H27N3O3/c1-12(2)19(3)15-7-5-6-13(10-15)17-16(21)18-14(11-20)8-9-22-4/h5-7,10,12,14,20H,8-9,11H2,1-4H3,(H2,17,18,21)/t14-/m1/s1. The highest BCUT2D eigenvalue weighted by atomic mass is 16.5. The smallest absolute Gasteiger partial charge is 0.319 e. The Balaban J connectivity index is 2.62. The first-order valence-corrected chi connectivity index (χ1v) is 7.48. The van der Waals surface area contributed by atoms with Gasteiger partial charge in [-0.1, -0.05) is 6.07 Å². The molecule has 0 radical (unpaired) electrons. The molecule has 1 rings (SSSR count). The van der Waals surface area contributed by atoms with Crippen molar-refractivity contribution in [3.63, 3.8) is 0 Å². The summed E-state index contributed by atoms with van der Waals surface area (Å²) in [6.45, 7) is 4.58. The maximum atomic E-state index is 12.0. The molecule has 6 nitrogen and oxygen atoms in total. The van der Waals surface area contributed by atoms with Crippen molar-refractivity contribution in [3.05, 3.63) is 24.3 Å². The van der Waals surface area contributed by atoms with Gasteiger partial charge in [0.05, 0.1) is 12.6 Å². The molecule has 3 N–H and O–H groups in total. The molecule has 0 heterocycles. The van der Waals surface area contributed by atoms with E-state index < -0.39 is 0 Å². The van der Waals surface area contributed by atoms with E-state index in [1.165, 1.54) is 0 Å². The lowest BCUT2D eigenvalue weighted by atomic mass is 10.2. The first-order valence-electron chi connectivity index (χ1n) is 7.48. The van der Waals surface area contributed by atoms with Crippen molar-refractivity contribution in [2.24, 2.45) is 0 Å². The topological polar surface area (TPSA) is 73.8 Å². The molecule has 124 valence electrons. The van der Waals surface area contributed by atoms with Crippen molar-refractivity contribution in [2.45, 2.75) is 32.4 Å². The van der Waals surface area contributed by atoms with E-state index >= 15 is 0 Å². The molecule has 0 aliphatic heterocycles. The number of hydrogen-bond donors (Lipinski definition) is 3. The number of ether oxygens (including phenoxy) is 1. The van der Waals surface area contributed by atoms with E-state index in [0.29, 0.717) is 24.8 Å². The molecular formula is C16H27N3O3. The van der Waals surface area contributed by atoms with Gasteiger partial charge in [0.1, 0.15) is 0 Å². The van der Waals surface area contributed by atoms with Crippen LogP contribution in [-0.4, -0.2) is 50.6 Å². The molecule has 1 atom stereocenters. The van der Waals surface area contributed by atoms with Gasteiger partial charge < -0.3 is 25.4 Å². The maximum absolute atomic E-state index is 12.0. The van der Waals surface area contributed by atoms with Gasteiger partial charge in [-0.15, -0.1) is 0 Å². The third-order valence-electron chi connectivity index (χ3n) is 3.51. The largest absolute Gasteiger partial charge is 0.394 e. The highest BCUT2D eigenvalue weighted by Gasteiger charge is 2.12. The number of methoxy groups -OCH3 is 1. The molecular weight excluding hydrogens is 282 g/mol. The van der Waals surface area contributed by atoms with Crippen LogP contribution in [-0.2, 0) is 4.74 Å². The van der Waals surface area contributed by atoms with Crippen molar-refractivity contribution < 1.29 is 14.6 Å². The normalized spacial score (nSPS) is 12.1. The van der Waals surface area contributed by atoms with Gasteiger partial charge in [0, 0.05) is 38.2 Å². The van der Waals surface area contributed by atoms with Gasteiger partial charge >= 0.3 is 6.03 Å². The number of benzene rings is 1. The monoisotopic (exact) mass is 309 g/mol. The summed E-state index contributed by atoms with van der Waals surface area (Å²) < 4.78 is 4.95. The van der Waals surface area contributed by atoms with Crippen LogP contribution >= 0.6 is 0 Å². The molecule has 0 fully saturated rings. The van der Waals surface area contributed by atoms with Gasteiger partial charge in [0.15, 0.2) is 0 Å². The average molecular weight is 309 g/mol. The highest BCUT2D eigenvalue weighted by molar-refractivity contribution is 5.90. The third kappa shape index (κ3) is 5.91. The minimum Gasteiger partial charge on any atom is -0.394 e. The summed E-state index contributed by atoms with van der Waals surface area (Å²) in [5, 5.41) is 14.8. The summed E-state index contributed by atoms with van der Waals surface area (Å²) in [5.74, 6) is 0. The van der Waals surface area contributed by atoms with E-state index in [2.05, 4.69) is 29.4 Å². The molecule has 0 bridgehead atoms. The number of aliphatic hydroxyl groups excluding tert-OH is 1. The Morgan fingerprint density at radius 1 is 1.41 bits per heavy atom. The molecule has 6 heteroatoms. The van der Waals surface area contributed by atoms with Gasteiger partial charge in [-0.2, -0.15) is 0 Å². The van der Waals surface area contributed by atoms with Crippen LogP contribution in [0.1, 0.15) is 20.3 Å². The average Bonchev–Trinajstić information content (AvgIpc) is 2.50. The minimum atomic E-state index is -0.334. The van der Waals surface area contributed by atoms with Crippen LogP contribution < -0.4 is 15.5 Å². The summed E-state index contributed by atoms with van der Waals surface area (Å²) >= 11 is 0. The van der Waals surface area contributed by atoms with E-state index in [0.717, 1.165) is 5.69 Å². The van der Waals surface area contributed by atoms with E-state index in [-0.39, 0.29) is 18.7 Å². The van der Waals surface area contributed by atoms with E-state index in [4.69, 9.17) is 4.74 Å². The summed E-state index contributed by atoms with van der Waals surface area (Å²) in [7, 11) is 3.60. The Kier molecular flexibility index (Phi) is 7.70. The van der Waals surface area contributed by atoms with Crippen LogP contribution in [0.15, 0.2) is 24.3 Å². The predicted molar refractivity (Wildman–Crippen MR) is 89.5 cm³/mol. The van der Waals surface area contributed by atoms with Crippen molar-refractivity contribution >= 4 is 17.4 Å². The zero-order valence-corrected chi connectivity index (χ0v) is 13.8. The lowest BCUT2D eigenvalue weighted by Gasteiger charge is -2.24. The number of carbonyl (C=O) groups is 1. The van der Waals surface area contributed by atoms with E-state index in [9.17, 15) is 9.90 Å². The number of rotatable bonds is 8. The van der Waals surface area contributed by atoms with Gasteiger partial charge in [-0.05, 0) is 38.5 Å². The molecule has 0 saturated heterocycles. The zero-order valence-electron chi connectivity index (χ0n) is 13.8. The van der Waals surface area contributed by atoms with E-state index in [1.54, 1.807) is 7.11 Å². The molecule has 0 aliphatic carbocycles. The number of carbonyl (C=O) groups excluding carboxylic acids is 1. The third-order valence-corrected chi connectivity index (χ3v) is 3.51. The first kappa shape index (κ1) is 18.3. The second-order valence-electron chi connectivity index (χ2n) is 5.51. The second kappa shape index (κ2) is 9.27. The Bertz CT molecular complexity index is 466. The number of urea groups is 1. The first-order chi connectivity index (χ1) is 10.5. The Morgan fingerprint density at radius 3 is 2.73 bits per heavy atom. The molecule has 1 aromatic carbocycles. The van der Waals surface area contributed by atoms with Gasteiger partial charge in [-0.3, -0.25) is 0 Å². The molecule has 0 unspecified atom stereocenters. The van der Waals surface area contributed by atoms with Crippen molar-refractivity contribution in [1.29, 1.82) is 0 Å². The zero-order chi connectivity index (χ0) is 16.5. The van der Waals surface area contributed by atoms with E-state index in [1.807, 2.05) is 31.3 Å². The van der Waals surface area contributed by atoms with Crippen molar-refractivity contribution in [1.82, 2.24) is 5.32 Å². The van der Waals surface area contributed by atoms with Crippen LogP contribution in [0.25, 0.3) is 0 Å². The molecule has 0 spiro atoms. The van der Waals surface area contributed by atoms with Crippen LogP contribution in [0.2, 0.25) is 0 Å². The summed E-state index contributed by atoms with van der Waals surface area (Å²) in [4.78, 5) is 14.1. The minimum absolute atomic E-state index is 0.118. The maximum Gasteiger partial charge on any atom is 0.319 e. The molecule has 0 aromatic heterocycles. The number of nitrogens with one attached hydrogen (secondary N) is 2. The fourth-order valence-corrected chi connectivity index (χ4v) is 1.92. The van der Waals surface area contributed by atoms with Gasteiger partial charge in [-0.25, -0.2) is 4.79 Å². The van der Waals surface area contributed by atoms with Gasteiger partial charge in [0.25, 0.3) is 0 Å².